The van der Waals surface area contributed by atoms with E-state index in [-0.39, 0.29) is 5.28 Å². The van der Waals surface area contributed by atoms with Crippen LogP contribution >= 0.6 is 11.6 Å². The fourth-order valence-corrected chi connectivity index (χ4v) is 2.11. The molecule has 3 heterocycles. The molecule has 2 N–H and O–H groups in total. The molecule has 0 aliphatic carbocycles. The third-order valence-corrected chi connectivity index (χ3v) is 2.90. The summed E-state index contributed by atoms with van der Waals surface area (Å²) in [6, 6.07) is 3.88. The van der Waals surface area contributed by atoms with E-state index >= 15 is 0 Å². The summed E-state index contributed by atoms with van der Waals surface area (Å²) in [4.78, 5) is 15.5. The molecule has 3 aromatic rings. The van der Waals surface area contributed by atoms with E-state index in [4.69, 9.17) is 11.6 Å². The topological polar surface area (TPSA) is 66.5 Å². The van der Waals surface area contributed by atoms with Crippen LogP contribution in [0.15, 0.2) is 30.7 Å². The molecule has 6 heteroatoms. The quantitative estimate of drug-likeness (QED) is 0.695. The molecule has 0 saturated heterocycles. The second-order valence-corrected chi connectivity index (χ2v) is 4.09. The number of halogens is 1. The Bertz CT molecular complexity index is 692. The summed E-state index contributed by atoms with van der Waals surface area (Å²) < 4.78 is 0. The molecule has 0 saturated carbocycles. The lowest BCUT2D eigenvalue weighted by Crippen LogP contribution is -1.95. The van der Waals surface area contributed by atoms with Gasteiger partial charge in [0.25, 0.3) is 0 Å². The minimum atomic E-state index is 0.218. The SMILES string of the molecule is CNc1nc(Cl)nc2[nH]cc(-c3ccncc3)c12. The molecule has 3 aromatic heterocycles. The average Bonchev–Trinajstić information content (AvgIpc) is 2.82. The van der Waals surface area contributed by atoms with Crippen molar-refractivity contribution in [1.29, 1.82) is 0 Å². The van der Waals surface area contributed by atoms with Crippen LogP contribution in [0.5, 0.6) is 0 Å². The number of pyridine rings is 1. The summed E-state index contributed by atoms with van der Waals surface area (Å²) in [5.74, 6) is 0.707. The van der Waals surface area contributed by atoms with Crippen LogP contribution < -0.4 is 5.32 Å². The Balaban J connectivity index is 2.32. The van der Waals surface area contributed by atoms with E-state index in [1.54, 1.807) is 19.4 Å². The van der Waals surface area contributed by atoms with Crippen molar-refractivity contribution in [3.8, 4) is 11.1 Å². The first-order valence-corrected chi connectivity index (χ1v) is 5.80. The normalized spacial score (nSPS) is 10.8. The second-order valence-electron chi connectivity index (χ2n) is 3.75. The summed E-state index contributed by atoms with van der Waals surface area (Å²) in [5, 5.41) is 4.18. The van der Waals surface area contributed by atoms with Gasteiger partial charge in [0.1, 0.15) is 11.5 Å². The first kappa shape index (κ1) is 11.0. The predicted molar refractivity (Wildman–Crippen MR) is 71.7 cm³/mol. The van der Waals surface area contributed by atoms with Crippen LogP contribution in [0.1, 0.15) is 0 Å². The van der Waals surface area contributed by atoms with Gasteiger partial charge in [0.05, 0.1) is 5.39 Å². The Morgan fingerprint density at radius 3 is 2.72 bits per heavy atom. The highest BCUT2D eigenvalue weighted by Gasteiger charge is 2.13. The minimum Gasteiger partial charge on any atom is -0.372 e. The molecular weight excluding hydrogens is 250 g/mol. The van der Waals surface area contributed by atoms with Crippen molar-refractivity contribution in [2.75, 3.05) is 12.4 Å². The molecule has 0 fully saturated rings. The summed E-state index contributed by atoms with van der Waals surface area (Å²) in [7, 11) is 1.81. The van der Waals surface area contributed by atoms with Crippen molar-refractivity contribution in [2.24, 2.45) is 0 Å². The van der Waals surface area contributed by atoms with Gasteiger partial charge in [-0.2, -0.15) is 4.98 Å². The molecule has 0 unspecified atom stereocenters. The lowest BCUT2D eigenvalue weighted by Gasteiger charge is -2.04. The maximum atomic E-state index is 5.87. The van der Waals surface area contributed by atoms with Crippen molar-refractivity contribution < 1.29 is 0 Å². The van der Waals surface area contributed by atoms with Gasteiger partial charge in [0.2, 0.25) is 5.28 Å². The number of H-pyrrole nitrogens is 1. The molecule has 0 aliphatic heterocycles. The van der Waals surface area contributed by atoms with Crippen LogP contribution in [0.2, 0.25) is 5.28 Å². The highest BCUT2D eigenvalue weighted by Crippen LogP contribution is 2.32. The van der Waals surface area contributed by atoms with Gasteiger partial charge in [-0.1, -0.05) is 0 Å². The molecular formula is C12H10ClN5. The van der Waals surface area contributed by atoms with Crippen molar-refractivity contribution in [1.82, 2.24) is 19.9 Å². The van der Waals surface area contributed by atoms with E-state index < -0.39 is 0 Å². The lowest BCUT2D eigenvalue weighted by atomic mass is 10.1. The van der Waals surface area contributed by atoms with Crippen LogP contribution in [0.4, 0.5) is 5.82 Å². The highest BCUT2D eigenvalue weighted by molar-refractivity contribution is 6.29. The van der Waals surface area contributed by atoms with E-state index in [9.17, 15) is 0 Å². The summed E-state index contributed by atoms with van der Waals surface area (Å²) in [5.41, 5.74) is 2.79. The first-order chi connectivity index (χ1) is 8.79. The predicted octanol–water partition coefficient (Wildman–Crippen LogP) is 2.72. The average molecular weight is 260 g/mol. The minimum absolute atomic E-state index is 0.218. The van der Waals surface area contributed by atoms with Gasteiger partial charge < -0.3 is 10.3 Å². The molecule has 0 radical (unpaired) electrons. The number of fused-ring (bicyclic) bond motifs is 1. The number of anilines is 1. The summed E-state index contributed by atoms with van der Waals surface area (Å²) >= 11 is 5.87. The van der Waals surface area contributed by atoms with Crippen LogP contribution in [-0.4, -0.2) is 27.0 Å². The molecule has 0 bridgehead atoms. The van der Waals surface area contributed by atoms with Crippen molar-refractivity contribution in [2.45, 2.75) is 0 Å². The van der Waals surface area contributed by atoms with Gasteiger partial charge in [0.15, 0.2) is 0 Å². The number of nitrogens with zero attached hydrogens (tertiary/aromatic N) is 3. The molecule has 0 aliphatic rings. The van der Waals surface area contributed by atoms with Crippen LogP contribution in [-0.2, 0) is 0 Å². The third-order valence-electron chi connectivity index (χ3n) is 2.73. The Hall–Kier alpha value is -2.14. The summed E-state index contributed by atoms with van der Waals surface area (Å²) in [6.07, 6.45) is 5.40. The molecule has 0 atom stereocenters. The zero-order valence-corrected chi connectivity index (χ0v) is 10.4. The smallest absolute Gasteiger partial charge is 0.226 e. The van der Waals surface area contributed by atoms with Gasteiger partial charge in [-0.15, -0.1) is 0 Å². The Labute approximate surface area is 108 Å². The maximum absolute atomic E-state index is 5.87. The van der Waals surface area contributed by atoms with Gasteiger partial charge >= 0.3 is 0 Å². The molecule has 5 nitrogen and oxygen atoms in total. The number of aromatic amines is 1. The summed E-state index contributed by atoms with van der Waals surface area (Å²) in [6.45, 7) is 0. The zero-order valence-electron chi connectivity index (χ0n) is 9.61. The third kappa shape index (κ3) is 1.69. The van der Waals surface area contributed by atoms with Crippen LogP contribution in [0, 0.1) is 0 Å². The maximum Gasteiger partial charge on any atom is 0.226 e. The van der Waals surface area contributed by atoms with Crippen LogP contribution in [0.25, 0.3) is 22.2 Å². The van der Waals surface area contributed by atoms with Gasteiger partial charge in [-0.25, -0.2) is 4.98 Å². The van der Waals surface area contributed by atoms with Gasteiger partial charge in [-0.3, -0.25) is 4.98 Å². The Morgan fingerprint density at radius 1 is 1.22 bits per heavy atom. The number of hydrogen-bond donors (Lipinski definition) is 2. The van der Waals surface area contributed by atoms with Crippen LogP contribution in [0.3, 0.4) is 0 Å². The Kier molecular flexibility index (Phi) is 2.60. The Morgan fingerprint density at radius 2 is 2.00 bits per heavy atom. The monoisotopic (exact) mass is 259 g/mol. The molecule has 0 aromatic carbocycles. The molecule has 18 heavy (non-hydrogen) atoms. The fourth-order valence-electron chi connectivity index (χ4n) is 1.95. The fraction of sp³-hybridized carbons (Fsp3) is 0.0833. The van der Waals surface area contributed by atoms with E-state index in [0.29, 0.717) is 11.5 Å². The highest BCUT2D eigenvalue weighted by atomic mass is 35.5. The van der Waals surface area contributed by atoms with Crippen molar-refractivity contribution in [3.63, 3.8) is 0 Å². The number of aromatic nitrogens is 4. The molecule has 0 spiro atoms. The van der Waals surface area contributed by atoms with Crippen molar-refractivity contribution in [3.05, 3.63) is 36.0 Å². The van der Waals surface area contributed by atoms with E-state index in [1.165, 1.54) is 0 Å². The number of rotatable bonds is 2. The van der Waals surface area contributed by atoms with Gasteiger partial charge in [-0.05, 0) is 29.3 Å². The van der Waals surface area contributed by atoms with E-state index in [2.05, 4.69) is 25.3 Å². The van der Waals surface area contributed by atoms with E-state index in [1.807, 2.05) is 18.3 Å². The molecule has 90 valence electrons. The second kappa shape index (κ2) is 4.27. The number of hydrogen-bond acceptors (Lipinski definition) is 4. The zero-order chi connectivity index (χ0) is 12.5. The molecule has 0 amide bonds. The van der Waals surface area contributed by atoms with E-state index in [0.717, 1.165) is 16.5 Å². The molecule has 3 rings (SSSR count). The van der Waals surface area contributed by atoms with Crippen molar-refractivity contribution >= 4 is 28.5 Å². The largest absolute Gasteiger partial charge is 0.372 e. The lowest BCUT2D eigenvalue weighted by molar-refractivity contribution is 1.19. The standard InChI is InChI=1S/C12H10ClN5/c1-14-10-9-8(7-2-4-15-5-3-7)6-16-11(9)18-12(13)17-10/h2-6H,1H3,(H2,14,16,17,18). The van der Waals surface area contributed by atoms with Gasteiger partial charge in [0, 0.05) is 31.2 Å². The first-order valence-electron chi connectivity index (χ1n) is 5.42. The number of nitrogens with one attached hydrogen (secondary N) is 2.